The maximum absolute atomic E-state index is 11.4. The van der Waals surface area contributed by atoms with Crippen LogP contribution in [0.5, 0.6) is 6.01 Å². The molecule has 1 rings (SSSR count). The van der Waals surface area contributed by atoms with Gasteiger partial charge in [0.25, 0.3) is 0 Å². The summed E-state index contributed by atoms with van der Waals surface area (Å²) in [6.07, 6.45) is 0.888. The van der Waals surface area contributed by atoms with Crippen LogP contribution >= 0.6 is 0 Å². The number of nitrogens with two attached hydrogens (primary N) is 1. The van der Waals surface area contributed by atoms with Crippen LogP contribution in [0.2, 0.25) is 0 Å². The van der Waals surface area contributed by atoms with Crippen molar-refractivity contribution in [1.82, 2.24) is 20.3 Å². The van der Waals surface area contributed by atoms with Crippen molar-refractivity contribution in [3.63, 3.8) is 0 Å². The van der Waals surface area contributed by atoms with Gasteiger partial charge in [0.2, 0.25) is 17.8 Å². The van der Waals surface area contributed by atoms with Crippen molar-refractivity contribution in [2.45, 2.75) is 20.3 Å². The Labute approximate surface area is 105 Å². The predicted octanol–water partition coefficient (Wildman–Crippen LogP) is -0.209. The van der Waals surface area contributed by atoms with Crippen molar-refractivity contribution in [3.05, 3.63) is 0 Å². The lowest BCUT2D eigenvalue weighted by Crippen LogP contribution is -2.30. The van der Waals surface area contributed by atoms with Crippen molar-refractivity contribution in [2.24, 2.45) is 0 Å². The molecule has 0 fully saturated rings. The second-order valence-electron chi connectivity index (χ2n) is 3.44. The number of hydrogen-bond donors (Lipinski definition) is 3. The zero-order valence-corrected chi connectivity index (χ0v) is 10.6. The Kier molecular flexibility index (Phi) is 5.62. The van der Waals surface area contributed by atoms with E-state index in [-0.39, 0.29) is 30.4 Å². The molecule has 4 N–H and O–H groups in total. The maximum Gasteiger partial charge on any atom is 0.323 e. The summed E-state index contributed by atoms with van der Waals surface area (Å²) < 4.78 is 5.12. The molecule has 1 amide bonds. The number of amides is 1. The second kappa shape index (κ2) is 7.25. The van der Waals surface area contributed by atoms with Gasteiger partial charge in [0.1, 0.15) is 0 Å². The first-order valence-corrected chi connectivity index (χ1v) is 5.80. The minimum absolute atomic E-state index is 0.0462. The van der Waals surface area contributed by atoms with Gasteiger partial charge in [-0.2, -0.15) is 15.0 Å². The van der Waals surface area contributed by atoms with Crippen LogP contribution in [-0.4, -0.2) is 40.6 Å². The van der Waals surface area contributed by atoms with E-state index in [1.165, 1.54) is 0 Å². The van der Waals surface area contributed by atoms with Gasteiger partial charge in [0.05, 0.1) is 13.2 Å². The smallest absolute Gasteiger partial charge is 0.323 e. The molecule has 100 valence electrons. The normalized spacial score (nSPS) is 9.89. The second-order valence-corrected chi connectivity index (χ2v) is 3.44. The van der Waals surface area contributed by atoms with E-state index in [4.69, 9.17) is 10.5 Å². The molecular formula is C10H18N6O2. The van der Waals surface area contributed by atoms with Crippen LogP contribution in [0, 0.1) is 0 Å². The third kappa shape index (κ3) is 4.81. The molecule has 1 aromatic heterocycles. The molecule has 0 aliphatic heterocycles. The molecule has 0 saturated carbocycles. The highest BCUT2D eigenvalue weighted by Gasteiger charge is 2.06. The summed E-state index contributed by atoms with van der Waals surface area (Å²) in [5.41, 5.74) is 5.49. The average molecular weight is 254 g/mol. The van der Waals surface area contributed by atoms with E-state index >= 15 is 0 Å². The Morgan fingerprint density at radius 1 is 1.33 bits per heavy atom. The summed E-state index contributed by atoms with van der Waals surface area (Å²) >= 11 is 0. The van der Waals surface area contributed by atoms with Gasteiger partial charge in [-0.1, -0.05) is 6.92 Å². The van der Waals surface area contributed by atoms with Crippen LogP contribution in [0.15, 0.2) is 0 Å². The highest BCUT2D eigenvalue weighted by molar-refractivity contribution is 5.80. The fourth-order valence-electron chi connectivity index (χ4n) is 1.13. The standard InChI is InChI=1S/C10H18N6O2/c1-3-5-12-7(17)6-13-9-14-8(11)15-10(16-9)18-4-2/h3-6H2,1-2H3,(H,12,17)(H3,11,13,14,15,16). The van der Waals surface area contributed by atoms with Gasteiger partial charge in [0.15, 0.2) is 0 Å². The summed E-state index contributed by atoms with van der Waals surface area (Å²) in [6.45, 7) is 4.94. The zero-order valence-electron chi connectivity index (χ0n) is 10.6. The number of ether oxygens (including phenoxy) is 1. The molecule has 8 nitrogen and oxygen atoms in total. The Bertz CT molecular complexity index is 398. The minimum Gasteiger partial charge on any atom is -0.464 e. The van der Waals surface area contributed by atoms with E-state index in [1.54, 1.807) is 0 Å². The number of nitrogens with zero attached hydrogens (tertiary/aromatic N) is 3. The molecule has 18 heavy (non-hydrogen) atoms. The zero-order chi connectivity index (χ0) is 13.4. The molecule has 0 aliphatic rings. The summed E-state index contributed by atoms with van der Waals surface area (Å²) in [4.78, 5) is 23.0. The van der Waals surface area contributed by atoms with Crippen molar-refractivity contribution >= 4 is 17.8 Å². The predicted molar refractivity (Wildman–Crippen MR) is 67.2 cm³/mol. The maximum atomic E-state index is 11.4. The molecule has 1 heterocycles. The van der Waals surface area contributed by atoms with Gasteiger partial charge in [-0.05, 0) is 13.3 Å². The Morgan fingerprint density at radius 2 is 2.11 bits per heavy atom. The van der Waals surface area contributed by atoms with Crippen LogP contribution < -0.4 is 21.1 Å². The van der Waals surface area contributed by atoms with E-state index < -0.39 is 0 Å². The van der Waals surface area contributed by atoms with Crippen molar-refractivity contribution < 1.29 is 9.53 Å². The molecular weight excluding hydrogens is 236 g/mol. The van der Waals surface area contributed by atoms with Gasteiger partial charge in [-0.25, -0.2) is 0 Å². The molecule has 0 unspecified atom stereocenters. The quantitative estimate of drug-likeness (QED) is 0.616. The Morgan fingerprint density at radius 3 is 2.78 bits per heavy atom. The largest absolute Gasteiger partial charge is 0.464 e. The molecule has 0 spiro atoms. The first-order chi connectivity index (χ1) is 8.65. The lowest BCUT2D eigenvalue weighted by Gasteiger charge is -2.07. The fraction of sp³-hybridized carbons (Fsp3) is 0.600. The number of hydrogen-bond acceptors (Lipinski definition) is 7. The van der Waals surface area contributed by atoms with Crippen LogP contribution in [-0.2, 0) is 4.79 Å². The summed E-state index contributed by atoms with van der Waals surface area (Å²) in [7, 11) is 0. The molecule has 0 aromatic carbocycles. The topological polar surface area (TPSA) is 115 Å². The Hall–Kier alpha value is -2.12. The van der Waals surface area contributed by atoms with E-state index in [0.717, 1.165) is 6.42 Å². The Balaban J connectivity index is 2.53. The monoisotopic (exact) mass is 254 g/mol. The number of anilines is 2. The van der Waals surface area contributed by atoms with E-state index in [2.05, 4.69) is 25.6 Å². The fourth-order valence-corrected chi connectivity index (χ4v) is 1.13. The van der Waals surface area contributed by atoms with Gasteiger partial charge < -0.3 is 21.1 Å². The van der Waals surface area contributed by atoms with Crippen molar-refractivity contribution in [1.29, 1.82) is 0 Å². The number of carbonyl (C=O) groups is 1. The summed E-state index contributed by atoms with van der Waals surface area (Å²) in [5, 5.41) is 5.48. The van der Waals surface area contributed by atoms with Gasteiger partial charge in [0, 0.05) is 6.54 Å². The SMILES string of the molecule is CCCNC(=O)CNc1nc(N)nc(OCC)n1. The van der Waals surface area contributed by atoms with Crippen molar-refractivity contribution in [3.8, 4) is 6.01 Å². The van der Waals surface area contributed by atoms with E-state index in [1.807, 2.05) is 13.8 Å². The van der Waals surface area contributed by atoms with Gasteiger partial charge in [-0.15, -0.1) is 0 Å². The third-order valence-electron chi connectivity index (χ3n) is 1.88. The number of carbonyl (C=O) groups excluding carboxylic acids is 1. The molecule has 1 aromatic rings. The molecule has 0 aliphatic carbocycles. The third-order valence-corrected chi connectivity index (χ3v) is 1.88. The molecule has 0 saturated heterocycles. The number of rotatable bonds is 7. The first kappa shape index (κ1) is 13.9. The lowest BCUT2D eigenvalue weighted by molar-refractivity contribution is -0.119. The molecule has 0 radical (unpaired) electrons. The number of aromatic nitrogens is 3. The number of nitrogens with one attached hydrogen (secondary N) is 2. The number of nitrogen functional groups attached to an aromatic ring is 1. The van der Waals surface area contributed by atoms with E-state index in [9.17, 15) is 4.79 Å². The molecule has 0 bridgehead atoms. The van der Waals surface area contributed by atoms with Crippen LogP contribution in [0.25, 0.3) is 0 Å². The highest BCUT2D eigenvalue weighted by atomic mass is 16.5. The molecule has 0 atom stereocenters. The van der Waals surface area contributed by atoms with E-state index in [0.29, 0.717) is 13.2 Å². The molecule has 8 heteroatoms. The van der Waals surface area contributed by atoms with Gasteiger partial charge in [-0.3, -0.25) is 4.79 Å². The van der Waals surface area contributed by atoms with Gasteiger partial charge >= 0.3 is 6.01 Å². The average Bonchev–Trinajstić information content (AvgIpc) is 2.33. The van der Waals surface area contributed by atoms with Crippen LogP contribution in [0.1, 0.15) is 20.3 Å². The van der Waals surface area contributed by atoms with Crippen molar-refractivity contribution in [2.75, 3.05) is 30.7 Å². The van der Waals surface area contributed by atoms with Crippen LogP contribution in [0.4, 0.5) is 11.9 Å². The summed E-state index contributed by atoms with van der Waals surface area (Å²) in [5.74, 6) is 0.135. The highest BCUT2D eigenvalue weighted by Crippen LogP contribution is 2.08. The summed E-state index contributed by atoms with van der Waals surface area (Å²) in [6, 6.07) is 0.140. The minimum atomic E-state index is -0.131. The lowest BCUT2D eigenvalue weighted by atomic mass is 10.4. The first-order valence-electron chi connectivity index (χ1n) is 5.80. The van der Waals surface area contributed by atoms with Crippen LogP contribution in [0.3, 0.4) is 0 Å².